The first kappa shape index (κ1) is 16.5. The lowest BCUT2D eigenvalue weighted by Crippen LogP contribution is -2.41. The van der Waals surface area contributed by atoms with Gasteiger partial charge in [-0.25, -0.2) is 8.42 Å². The third kappa shape index (κ3) is 3.94. The molecular weight excluding hydrogens is 310 g/mol. The van der Waals surface area contributed by atoms with E-state index in [1.807, 2.05) is 11.8 Å². The minimum atomic E-state index is -3.38. The summed E-state index contributed by atoms with van der Waals surface area (Å²) >= 11 is 0. The molecule has 1 aromatic carbocycles. The van der Waals surface area contributed by atoms with Crippen molar-refractivity contribution in [3.63, 3.8) is 0 Å². The first-order valence-corrected chi connectivity index (χ1v) is 10.2. The largest absolute Gasteiger partial charge is 0.337 e. The lowest BCUT2D eigenvalue weighted by atomic mass is 10.2. The summed E-state index contributed by atoms with van der Waals surface area (Å²) in [7, 11) is -3.38. The molecule has 0 radical (unpaired) electrons. The van der Waals surface area contributed by atoms with Gasteiger partial charge in [0.05, 0.1) is 10.6 Å². The Morgan fingerprint density at radius 2 is 1.61 bits per heavy atom. The lowest BCUT2D eigenvalue weighted by Gasteiger charge is -2.29. The smallest absolute Gasteiger partial charge is 0.224 e. The van der Waals surface area contributed by atoms with Crippen molar-refractivity contribution in [2.24, 2.45) is 0 Å². The van der Waals surface area contributed by atoms with E-state index >= 15 is 0 Å². The summed E-state index contributed by atoms with van der Waals surface area (Å²) in [6.45, 7) is 1.93. The van der Waals surface area contributed by atoms with Gasteiger partial charge in [0.1, 0.15) is 0 Å². The maximum Gasteiger partial charge on any atom is 0.224 e. The van der Waals surface area contributed by atoms with Gasteiger partial charge < -0.3 is 4.90 Å². The van der Waals surface area contributed by atoms with E-state index < -0.39 is 9.84 Å². The van der Waals surface area contributed by atoms with Crippen molar-refractivity contribution in [2.45, 2.75) is 68.8 Å². The highest BCUT2D eigenvalue weighted by atomic mass is 32.2. The van der Waals surface area contributed by atoms with Gasteiger partial charge in [-0.15, -0.1) is 0 Å². The number of carbonyl (C=O) groups excluding carboxylic acids is 1. The van der Waals surface area contributed by atoms with Crippen molar-refractivity contribution in [3.05, 3.63) is 29.8 Å². The van der Waals surface area contributed by atoms with Crippen LogP contribution in [0, 0.1) is 6.92 Å². The fourth-order valence-electron chi connectivity index (χ4n) is 3.45. The van der Waals surface area contributed by atoms with Crippen LogP contribution >= 0.6 is 0 Å². The van der Waals surface area contributed by atoms with Gasteiger partial charge in [0, 0.05) is 18.5 Å². The number of hydrogen-bond acceptors (Lipinski definition) is 3. The summed E-state index contributed by atoms with van der Waals surface area (Å²) in [5.74, 6) is -0.0692. The number of sulfone groups is 1. The van der Waals surface area contributed by atoms with Crippen LogP contribution in [-0.2, 0) is 14.6 Å². The molecule has 2 aliphatic rings. The number of rotatable bonds is 6. The number of nitrogens with zero attached hydrogens (tertiary/aromatic N) is 1. The van der Waals surface area contributed by atoms with E-state index in [1.54, 1.807) is 24.3 Å². The minimum absolute atomic E-state index is 0.0232. The molecule has 0 aromatic heterocycles. The Morgan fingerprint density at radius 1 is 1.04 bits per heavy atom. The first-order chi connectivity index (χ1) is 11.0. The van der Waals surface area contributed by atoms with Gasteiger partial charge in [0.15, 0.2) is 9.84 Å². The van der Waals surface area contributed by atoms with Crippen LogP contribution in [0.1, 0.15) is 50.5 Å². The third-order valence-corrected chi connectivity index (χ3v) is 6.64. The molecule has 1 amide bonds. The summed E-state index contributed by atoms with van der Waals surface area (Å²) < 4.78 is 24.8. The van der Waals surface area contributed by atoms with Crippen molar-refractivity contribution < 1.29 is 13.2 Å². The number of benzene rings is 1. The zero-order valence-electron chi connectivity index (χ0n) is 13.7. The second kappa shape index (κ2) is 6.63. The quantitative estimate of drug-likeness (QED) is 0.803. The summed E-state index contributed by atoms with van der Waals surface area (Å²) in [5.41, 5.74) is 1.03. The Morgan fingerprint density at radius 3 is 2.17 bits per heavy atom. The van der Waals surface area contributed by atoms with Crippen LogP contribution < -0.4 is 0 Å². The first-order valence-electron chi connectivity index (χ1n) is 8.58. The van der Waals surface area contributed by atoms with E-state index in [9.17, 15) is 13.2 Å². The summed E-state index contributed by atoms with van der Waals surface area (Å²) in [6, 6.07) is 7.56. The van der Waals surface area contributed by atoms with Gasteiger partial charge in [-0.1, -0.05) is 30.5 Å². The predicted molar refractivity (Wildman–Crippen MR) is 90.0 cm³/mol. The molecule has 1 aromatic rings. The topological polar surface area (TPSA) is 54.5 Å². The second-order valence-corrected chi connectivity index (χ2v) is 8.96. The molecule has 0 aliphatic heterocycles. The summed E-state index contributed by atoms with van der Waals surface area (Å²) in [6.07, 6.45) is 6.77. The fourth-order valence-corrected chi connectivity index (χ4v) is 4.68. The number of amides is 1. The Kier molecular flexibility index (Phi) is 4.76. The van der Waals surface area contributed by atoms with Crippen LogP contribution in [0.25, 0.3) is 0 Å². The Balaban J connectivity index is 1.64. The highest BCUT2D eigenvalue weighted by molar-refractivity contribution is 7.91. The van der Waals surface area contributed by atoms with Crippen LogP contribution in [0.15, 0.2) is 29.2 Å². The Bertz CT molecular complexity index is 656. The molecule has 0 atom stereocenters. The highest BCUT2D eigenvalue weighted by Crippen LogP contribution is 2.35. The van der Waals surface area contributed by atoms with E-state index in [2.05, 4.69) is 0 Å². The summed E-state index contributed by atoms with van der Waals surface area (Å²) in [4.78, 5) is 14.9. The van der Waals surface area contributed by atoms with Crippen LogP contribution in [0.2, 0.25) is 0 Å². The molecule has 0 spiro atoms. The molecule has 4 nitrogen and oxygen atoms in total. The molecule has 23 heavy (non-hydrogen) atoms. The van der Waals surface area contributed by atoms with Gasteiger partial charge in [0.25, 0.3) is 0 Å². The van der Waals surface area contributed by atoms with Gasteiger partial charge in [-0.05, 0) is 44.7 Å². The minimum Gasteiger partial charge on any atom is -0.337 e. The molecule has 2 fully saturated rings. The normalized spacial score (nSPS) is 19.0. The van der Waals surface area contributed by atoms with Crippen molar-refractivity contribution in [1.82, 2.24) is 4.90 Å². The monoisotopic (exact) mass is 335 g/mol. The molecule has 0 saturated heterocycles. The standard InChI is InChI=1S/C18H25NO3S/c1-14-6-10-17(11-7-14)23(21,22)13-12-18(20)19(16-8-9-16)15-4-2-3-5-15/h6-7,10-11,15-16H,2-5,8-9,12-13H2,1H3. The lowest BCUT2D eigenvalue weighted by molar-refractivity contribution is -0.133. The van der Waals surface area contributed by atoms with E-state index in [1.165, 1.54) is 12.8 Å². The zero-order valence-corrected chi connectivity index (χ0v) is 14.5. The Hall–Kier alpha value is -1.36. The second-order valence-electron chi connectivity index (χ2n) is 6.85. The van der Waals surface area contributed by atoms with Crippen LogP contribution in [0.3, 0.4) is 0 Å². The van der Waals surface area contributed by atoms with Crippen molar-refractivity contribution in [1.29, 1.82) is 0 Å². The molecule has 2 saturated carbocycles. The third-order valence-electron chi connectivity index (χ3n) is 4.91. The van der Waals surface area contributed by atoms with Crippen LogP contribution in [0.5, 0.6) is 0 Å². The molecule has 126 valence electrons. The van der Waals surface area contributed by atoms with Crippen molar-refractivity contribution >= 4 is 15.7 Å². The number of hydrogen-bond donors (Lipinski definition) is 0. The van der Waals surface area contributed by atoms with E-state index in [-0.39, 0.29) is 18.1 Å². The maximum absolute atomic E-state index is 12.6. The van der Waals surface area contributed by atoms with Crippen molar-refractivity contribution in [2.75, 3.05) is 5.75 Å². The number of aryl methyl sites for hydroxylation is 1. The Labute approximate surface area is 138 Å². The number of carbonyl (C=O) groups is 1. The molecule has 0 heterocycles. The zero-order chi connectivity index (χ0) is 16.4. The molecule has 0 N–H and O–H groups in total. The van der Waals surface area contributed by atoms with Gasteiger partial charge in [-0.2, -0.15) is 0 Å². The molecule has 0 unspecified atom stereocenters. The van der Waals surface area contributed by atoms with Crippen molar-refractivity contribution in [3.8, 4) is 0 Å². The van der Waals surface area contributed by atoms with Crippen LogP contribution in [-0.4, -0.2) is 37.1 Å². The maximum atomic E-state index is 12.6. The van der Waals surface area contributed by atoms with E-state index in [0.29, 0.717) is 17.0 Å². The molecule has 5 heteroatoms. The van der Waals surface area contributed by atoms with Crippen LogP contribution in [0.4, 0.5) is 0 Å². The van der Waals surface area contributed by atoms with Gasteiger partial charge >= 0.3 is 0 Å². The average molecular weight is 335 g/mol. The van der Waals surface area contributed by atoms with Gasteiger partial charge in [0.2, 0.25) is 5.91 Å². The van der Waals surface area contributed by atoms with E-state index in [0.717, 1.165) is 31.2 Å². The average Bonchev–Trinajstić information content (AvgIpc) is 3.20. The summed E-state index contributed by atoms with van der Waals surface area (Å²) in [5, 5.41) is 0. The molecule has 3 rings (SSSR count). The SMILES string of the molecule is Cc1ccc(S(=O)(=O)CCC(=O)N(C2CCCC2)C2CC2)cc1. The molecule has 0 bridgehead atoms. The molecule has 2 aliphatic carbocycles. The molecular formula is C18H25NO3S. The highest BCUT2D eigenvalue weighted by Gasteiger charge is 2.38. The van der Waals surface area contributed by atoms with E-state index in [4.69, 9.17) is 0 Å². The fraction of sp³-hybridized carbons (Fsp3) is 0.611. The van der Waals surface area contributed by atoms with Gasteiger partial charge in [-0.3, -0.25) is 4.79 Å². The predicted octanol–water partition coefficient (Wildman–Crippen LogP) is 3.09.